The van der Waals surface area contributed by atoms with E-state index in [1.54, 1.807) is 26.2 Å². The van der Waals surface area contributed by atoms with Crippen LogP contribution in [0.2, 0.25) is 0 Å². The Morgan fingerprint density at radius 1 is 1.50 bits per heavy atom. The van der Waals surface area contributed by atoms with Crippen LogP contribution in [0, 0.1) is 0 Å². The molecule has 1 aromatic rings. The molecule has 0 saturated carbocycles. The molecule has 0 aromatic carbocycles. The van der Waals surface area contributed by atoms with E-state index in [4.69, 9.17) is 9.47 Å². The lowest BCUT2D eigenvalue weighted by Crippen LogP contribution is -2.18. The fourth-order valence-electron chi connectivity index (χ4n) is 1.14. The van der Waals surface area contributed by atoms with Gasteiger partial charge in [-0.05, 0) is 20.8 Å². The van der Waals surface area contributed by atoms with Gasteiger partial charge in [0, 0.05) is 5.38 Å². The topological polar surface area (TPSA) is 77.5 Å². The maximum atomic E-state index is 11.3. The van der Waals surface area contributed by atoms with Crippen LogP contribution in [0.15, 0.2) is 5.38 Å². The van der Waals surface area contributed by atoms with Gasteiger partial charge in [-0.15, -0.1) is 11.3 Å². The molecule has 100 valence electrons. The summed E-state index contributed by atoms with van der Waals surface area (Å²) in [4.78, 5) is 26.6. The predicted molar refractivity (Wildman–Crippen MR) is 67.7 cm³/mol. The van der Waals surface area contributed by atoms with E-state index in [0.29, 0.717) is 17.4 Å². The van der Waals surface area contributed by atoms with E-state index >= 15 is 0 Å². The number of nitrogens with one attached hydrogen (secondary N) is 1. The Kier molecular flexibility index (Phi) is 5.57. The summed E-state index contributed by atoms with van der Waals surface area (Å²) in [6, 6.07) is 0. The summed E-state index contributed by atoms with van der Waals surface area (Å²) in [5.41, 5.74) is 0.568. The summed E-state index contributed by atoms with van der Waals surface area (Å²) < 4.78 is 9.71. The second-order valence-corrected chi connectivity index (χ2v) is 4.56. The Labute approximate surface area is 109 Å². The van der Waals surface area contributed by atoms with Gasteiger partial charge in [-0.1, -0.05) is 0 Å². The minimum Gasteiger partial charge on any atom is -0.466 e. The summed E-state index contributed by atoms with van der Waals surface area (Å²) in [6.45, 7) is 5.60. The van der Waals surface area contributed by atoms with Gasteiger partial charge in [-0.2, -0.15) is 0 Å². The van der Waals surface area contributed by atoms with E-state index in [-0.39, 0.29) is 18.5 Å². The normalized spacial score (nSPS) is 10.2. The molecule has 1 heterocycles. The van der Waals surface area contributed by atoms with Crippen molar-refractivity contribution in [2.45, 2.75) is 33.3 Å². The number of carbonyl (C=O) groups excluding carboxylic acids is 2. The zero-order valence-corrected chi connectivity index (χ0v) is 11.4. The van der Waals surface area contributed by atoms with Gasteiger partial charge < -0.3 is 9.47 Å². The molecule has 0 bridgehead atoms. The molecule has 6 nitrogen and oxygen atoms in total. The van der Waals surface area contributed by atoms with E-state index in [1.807, 2.05) is 0 Å². The van der Waals surface area contributed by atoms with Crippen LogP contribution in [0.3, 0.4) is 0 Å². The number of esters is 1. The number of rotatable bonds is 5. The standard InChI is InChI=1S/C11H16N2O4S/c1-4-16-9(14)5-8-6-18-10(12-8)13-11(15)17-7(2)3/h6-7H,4-5H2,1-3H3,(H,12,13,15). The van der Waals surface area contributed by atoms with Gasteiger partial charge in [0.05, 0.1) is 24.8 Å². The molecular formula is C11H16N2O4S. The van der Waals surface area contributed by atoms with Gasteiger partial charge >= 0.3 is 12.1 Å². The highest BCUT2D eigenvalue weighted by atomic mass is 32.1. The molecule has 18 heavy (non-hydrogen) atoms. The van der Waals surface area contributed by atoms with Gasteiger partial charge in [0.2, 0.25) is 0 Å². The summed E-state index contributed by atoms with van der Waals surface area (Å²) >= 11 is 1.23. The van der Waals surface area contributed by atoms with E-state index in [0.717, 1.165) is 0 Å². The molecule has 0 fully saturated rings. The first kappa shape index (κ1) is 14.4. The Morgan fingerprint density at radius 2 is 2.22 bits per heavy atom. The number of anilines is 1. The molecule has 0 atom stereocenters. The number of thiazole rings is 1. The van der Waals surface area contributed by atoms with Crippen molar-refractivity contribution >= 4 is 28.5 Å². The van der Waals surface area contributed by atoms with Crippen molar-refractivity contribution in [2.75, 3.05) is 11.9 Å². The van der Waals surface area contributed by atoms with E-state index in [9.17, 15) is 9.59 Å². The molecule has 7 heteroatoms. The molecule has 1 aromatic heterocycles. The van der Waals surface area contributed by atoms with Crippen LogP contribution >= 0.6 is 11.3 Å². The molecule has 1 amide bonds. The van der Waals surface area contributed by atoms with Crippen molar-refractivity contribution in [1.29, 1.82) is 0 Å². The lowest BCUT2D eigenvalue weighted by molar-refractivity contribution is -0.142. The number of ether oxygens (including phenoxy) is 2. The fourth-order valence-corrected chi connectivity index (χ4v) is 1.83. The quantitative estimate of drug-likeness (QED) is 0.831. The highest BCUT2D eigenvalue weighted by Gasteiger charge is 2.11. The van der Waals surface area contributed by atoms with Crippen LogP contribution in [0.5, 0.6) is 0 Å². The van der Waals surface area contributed by atoms with Crippen LogP contribution in [0.25, 0.3) is 0 Å². The monoisotopic (exact) mass is 272 g/mol. The molecule has 0 unspecified atom stereocenters. The SMILES string of the molecule is CCOC(=O)Cc1csc(NC(=O)OC(C)C)n1. The molecule has 1 N–H and O–H groups in total. The van der Waals surface area contributed by atoms with Crippen LogP contribution in [0.1, 0.15) is 26.5 Å². The van der Waals surface area contributed by atoms with Gasteiger partial charge in [0.15, 0.2) is 5.13 Å². The molecule has 0 saturated heterocycles. The van der Waals surface area contributed by atoms with Crippen molar-refractivity contribution in [3.05, 3.63) is 11.1 Å². The molecular weight excluding hydrogens is 256 g/mol. The lowest BCUT2D eigenvalue weighted by atomic mass is 10.3. The van der Waals surface area contributed by atoms with Crippen molar-refractivity contribution in [3.63, 3.8) is 0 Å². The molecule has 0 spiro atoms. The Morgan fingerprint density at radius 3 is 2.83 bits per heavy atom. The number of hydrogen-bond donors (Lipinski definition) is 1. The fraction of sp³-hybridized carbons (Fsp3) is 0.545. The zero-order chi connectivity index (χ0) is 13.5. The molecule has 0 aliphatic heterocycles. The summed E-state index contributed by atoms with van der Waals surface area (Å²) in [7, 11) is 0. The predicted octanol–water partition coefficient (Wildman–Crippen LogP) is 2.21. The third-order valence-corrected chi connectivity index (χ3v) is 2.54. The maximum Gasteiger partial charge on any atom is 0.413 e. The van der Waals surface area contributed by atoms with Crippen molar-refractivity contribution in [1.82, 2.24) is 4.98 Å². The number of nitrogens with zero attached hydrogens (tertiary/aromatic N) is 1. The lowest BCUT2D eigenvalue weighted by Gasteiger charge is -2.06. The molecule has 0 aliphatic rings. The largest absolute Gasteiger partial charge is 0.466 e. The Hall–Kier alpha value is -1.63. The first-order valence-corrected chi connectivity index (χ1v) is 6.47. The molecule has 1 rings (SSSR count). The third-order valence-electron chi connectivity index (χ3n) is 1.73. The van der Waals surface area contributed by atoms with Crippen molar-refractivity contribution < 1.29 is 19.1 Å². The van der Waals surface area contributed by atoms with Crippen LogP contribution in [0.4, 0.5) is 9.93 Å². The molecule has 0 aliphatic carbocycles. The molecule has 0 radical (unpaired) electrons. The van der Waals surface area contributed by atoms with E-state index in [2.05, 4.69) is 10.3 Å². The van der Waals surface area contributed by atoms with Crippen molar-refractivity contribution in [3.8, 4) is 0 Å². The Bertz CT molecular complexity index is 417. The summed E-state index contributed by atoms with van der Waals surface area (Å²) in [5, 5.41) is 4.59. The first-order chi connectivity index (χ1) is 8.51. The first-order valence-electron chi connectivity index (χ1n) is 5.59. The summed E-state index contributed by atoms with van der Waals surface area (Å²) in [6.07, 6.45) is -0.642. The van der Waals surface area contributed by atoms with Crippen LogP contribution in [-0.2, 0) is 20.7 Å². The van der Waals surface area contributed by atoms with Crippen LogP contribution in [-0.4, -0.2) is 29.8 Å². The highest BCUT2D eigenvalue weighted by molar-refractivity contribution is 7.13. The second kappa shape index (κ2) is 6.95. The average molecular weight is 272 g/mol. The number of carbonyl (C=O) groups is 2. The average Bonchev–Trinajstić information content (AvgIpc) is 2.64. The smallest absolute Gasteiger partial charge is 0.413 e. The van der Waals surface area contributed by atoms with E-state index < -0.39 is 6.09 Å². The van der Waals surface area contributed by atoms with Gasteiger partial charge in [-0.3, -0.25) is 10.1 Å². The second-order valence-electron chi connectivity index (χ2n) is 3.70. The van der Waals surface area contributed by atoms with E-state index in [1.165, 1.54) is 11.3 Å². The minimum absolute atomic E-state index is 0.102. The maximum absolute atomic E-state index is 11.3. The minimum atomic E-state index is -0.554. The summed E-state index contributed by atoms with van der Waals surface area (Å²) in [5.74, 6) is -0.334. The highest BCUT2D eigenvalue weighted by Crippen LogP contribution is 2.16. The number of amides is 1. The van der Waals surface area contributed by atoms with Gasteiger partial charge in [-0.25, -0.2) is 9.78 Å². The van der Waals surface area contributed by atoms with Gasteiger partial charge in [0.1, 0.15) is 0 Å². The zero-order valence-electron chi connectivity index (χ0n) is 10.6. The van der Waals surface area contributed by atoms with Crippen molar-refractivity contribution in [2.24, 2.45) is 0 Å². The third kappa shape index (κ3) is 5.13. The Balaban J connectivity index is 2.48. The number of aromatic nitrogens is 1. The number of hydrogen-bond acceptors (Lipinski definition) is 6. The van der Waals surface area contributed by atoms with Crippen LogP contribution < -0.4 is 5.32 Å². The van der Waals surface area contributed by atoms with Gasteiger partial charge in [0.25, 0.3) is 0 Å².